The first-order valence-corrected chi connectivity index (χ1v) is 5.24. The fourth-order valence-corrected chi connectivity index (χ4v) is 1.73. The van der Waals surface area contributed by atoms with Gasteiger partial charge in [-0.2, -0.15) is 0 Å². The van der Waals surface area contributed by atoms with Crippen LogP contribution >= 0.6 is 0 Å². The summed E-state index contributed by atoms with van der Waals surface area (Å²) in [5, 5.41) is 9.41. The number of hydrogen-bond donors (Lipinski definition) is 1. The summed E-state index contributed by atoms with van der Waals surface area (Å²) < 4.78 is 9.94. The summed E-state index contributed by atoms with van der Waals surface area (Å²) in [5.74, 6) is 0.498. The van der Waals surface area contributed by atoms with E-state index in [0.717, 1.165) is 18.4 Å². The number of methoxy groups -OCH3 is 1. The molecule has 1 N–H and O–H groups in total. The highest BCUT2D eigenvalue weighted by atomic mass is 16.6. The van der Waals surface area contributed by atoms with Crippen molar-refractivity contribution in [3.8, 4) is 11.5 Å². The predicted octanol–water partition coefficient (Wildman–Crippen LogP) is 1.65. The molecule has 1 unspecified atom stereocenters. The number of hydrogen-bond acceptors (Lipinski definition) is 4. The van der Waals surface area contributed by atoms with Gasteiger partial charge in [-0.05, 0) is 30.5 Å². The molecular formula is C12H14O4. The molecule has 1 saturated heterocycles. The van der Waals surface area contributed by atoms with Gasteiger partial charge in [-0.3, -0.25) is 4.79 Å². The van der Waals surface area contributed by atoms with Gasteiger partial charge in [0, 0.05) is 0 Å². The zero-order valence-corrected chi connectivity index (χ0v) is 9.10. The second kappa shape index (κ2) is 4.43. The van der Waals surface area contributed by atoms with Gasteiger partial charge >= 0.3 is 5.97 Å². The Balaban J connectivity index is 1.91. The Morgan fingerprint density at radius 1 is 1.56 bits per heavy atom. The van der Waals surface area contributed by atoms with Crippen LogP contribution in [0, 0.1) is 0 Å². The Hall–Kier alpha value is -1.71. The van der Waals surface area contributed by atoms with Crippen LogP contribution < -0.4 is 4.74 Å². The normalized spacial score (nSPS) is 18.8. The highest BCUT2D eigenvalue weighted by Crippen LogP contribution is 2.27. The topological polar surface area (TPSA) is 55.8 Å². The van der Waals surface area contributed by atoms with E-state index in [2.05, 4.69) is 0 Å². The number of rotatable bonds is 4. The fourth-order valence-electron chi connectivity index (χ4n) is 1.73. The molecule has 0 bridgehead atoms. The van der Waals surface area contributed by atoms with Crippen LogP contribution in [-0.4, -0.2) is 24.3 Å². The van der Waals surface area contributed by atoms with E-state index in [4.69, 9.17) is 9.47 Å². The van der Waals surface area contributed by atoms with E-state index < -0.39 is 0 Å². The quantitative estimate of drug-likeness (QED) is 0.787. The van der Waals surface area contributed by atoms with Crippen LogP contribution in [0.15, 0.2) is 18.2 Å². The maximum atomic E-state index is 10.6. The summed E-state index contributed by atoms with van der Waals surface area (Å²) in [6, 6.07) is 5.26. The summed E-state index contributed by atoms with van der Waals surface area (Å²) in [4.78, 5) is 10.6. The number of phenols is 1. The van der Waals surface area contributed by atoms with Gasteiger partial charge < -0.3 is 14.6 Å². The molecule has 0 aromatic heterocycles. The minimum absolute atomic E-state index is 0.0623. The Labute approximate surface area is 93.8 Å². The number of esters is 1. The molecule has 0 radical (unpaired) electrons. The molecule has 4 heteroatoms. The second-order valence-electron chi connectivity index (χ2n) is 3.86. The number of ether oxygens (including phenoxy) is 2. The van der Waals surface area contributed by atoms with E-state index in [1.54, 1.807) is 12.1 Å². The van der Waals surface area contributed by atoms with Gasteiger partial charge in [0.05, 0.1) is 13.5 Å². The Morgan fingerprint density at radius 2 is 2.31 bits per heavy atom. The first-order chi connectivity index (χ1) is 7.69. The molecule has 1 aromatic carbocycles. The molecule has 1 aliphatic heterocycles. The summed E-state index contributed by atoms with van der Waals surface area (Å²) in [6.07, 6.45) is 2.22. The van der Waals surface area contributed by atoms with Crippen molar-refractivity contribution >= 4 is 5.97 Å². The van der Waals surface area contributed by atoms with Crippen molar-refractivity contribution in [2.24, 2.45) is 0 Å². The largest absolute Gasteiger partial charge is 0.504 e. The van der Waals surface area contributed by atoms with Crippen LogP contribution in [0.2, 0.25) is 0 Å². The molecule has 0 saturated carbocycles. The molecule has 86 valence electrons. The van der Waals surface area contributed by atoms with Crippen molar-refractivity contribution in [2.75, 3.05) is 7.11 Å². The lowest BCUT2D eigenvalue weighted by Gasteiger charge is -2.25. The van der Waals surface area contributed by atoms with Crippen LogP contribution in [0.4, 0.5) is 0 Å². The van der Waals surface area contributed by atoms with Crippen LogP contribution in [0.3, 0.4) is 0 Å². The Kier molecular flexibility index (Phi) is 2.99. The molecule has 1 heterocycles. The molecule has 1 aliphatic rings. The van der Waals surface area contributed by atoms with Crippen molar-refractivity contribution in [1.82, 2.24) is 0 Å². The van der Waals surface area contributed by atoms with Crippen LogP contribution in [0.25, 0.3) is 0 Å². The van der Waals surface area contributed by atoms with E-state index in [0.29, 0.717) is 12.2 Å². The standard InChI is InChI=1S/C12H14O4/c1-15-11-6-8(3-5-10(11)13)2-4-9-7-12(14)16-9/h3,5-6,9,13H,2,4,7H2,1H3. The fraction of sp³-hybridized carbons (Fsp3) is 0.417. The van der Waals surface area contributed by atoms with Crippen LogP contribution in [0.5, 0.6) is 11.5 Å². The number of cyclic esters (lactones) is 1. The van der Waals surface area contributed by atoms with E-state index >= 15 is 0 Å². The molecule has 2 rings (SSSR count). The second-order valence-corrected chi connectivity index (χ2v) is 3.86. The monoisotopic (exact) mass is 222 g/mol. The number of carbonyl (C=O) groups is 1. The lowest BCUT2D eigenvalue weighted by atomic mass is 10.0. The Bertz CT molecular complexity index is 392. The SMILES string of the molecule is COc1cc(CCC2CC(=O)O2)ccc1O. The summed E-state index contributed by atoms with van der Waals surface area (Å²) in [5.41, 5.74) is 1.07. The van der Waals surface area contributed by atoms with Crippen LogP contribution in [-0.2, 0) is 16.0 Å². The predicted molar refractivity (Wildman–Crippen MR) is 57.5 cm³/mol. The number of carbonyl (C=O) groups excluding carboxylic acids is 1. The summed E-state index contributed by atoms with van der Waals surface area (Å²) in [6.45, 7) is 0. The van der Waals surface area contributed by atoms with E-state index in [1.165, 1.54) is 7.11 Å². The average Bonchev–Trinajstić information content (AvgIpc) is 2.24. The maximum absolute atomic E-state index is 10.6. The van der Waals surface area contributed by atoms with E-state index in [-0.39, 0.29) is 17.8 Å². The van der Waals surface area contributed by atoms with Gasteiger partial charge in [0.15, 0.2) is 11.5 Å². The maximum Gasteiger partial charge on any atom is 0.309 e. The highest BCUT2D eigenvalue weighted by Gasteiger charge is 2.27. The highest BCUT2D eigenvalue weighted by molar-refractivity contribution is 5.75. The van der Waals surface area contributed by atoms with Crippen LogP contribution in [0.1, 0.15) is 18.4 Å². The van der Waals surface area contributed by atoms with Gasteiger partial charge in [0.1, 0.15) is 6.10 Å². The molecule has 16 heavy (non-hydrogen) atoms. The molecule has 0 amide bonds. The van der Waals surface area contributed by atoms with Gasteiger partial charge in [-0.15, -0.1) is 0 Å². The van der Waals surface area contributed by atoms with Crippen molar-refractivity contribution in [2.45, 2.75) is 25.4 Å². The molecule has 4 nitrogen and oxygen atoms in total. The minimum atomic E-state index is -0.117. The molecular weight excluding hydrogens is 208 g/mol. The van der Waals surface area contributed by atoms with Crippen molar-refractivity contribution < 1.29 is 19.4 Å². The van der Waals surface area contributed by atoms with Crippen molar-refractivity contribution in [3.05, 3.63) is 23.8 Å². The lowest BCUT2D eigenvalue weighted by molar-refractivity contribution is -0.169. The molecule has 1 aromatic rings. The first-order valence-electron chi connectivity index (χ1n) is 5.24. The molecule has 1 atom stereocenters. The first kappa shape index (κ1) is 10.8. The molecule has 1 fully saturated rings. The summed E-state index contributed by atoms with van der Waals surface area (Å²) in [7, 11) is 1.52. The zero-order valence-electron chi connectivity index (χ0n) is 9.10. The third-order valence-electron chi connectivity index (χ3n) is 2.69. The average molecular weight is 222 g/mol. The van der Waals surface area contributed by atoms with Gasteiger partial charge in [0.2, 0.25) is 0 Å². The number of aromatic hydroxyl groups is 1. The number of aryl methyl sites for hydroxylation is 1. The number of benzene rings is 1. The number of phenolic OH excluding ortho intramolecular Hbond substituents is 1. The smallest absolute Gasteiger partial charge is 0.309 e. The third kappa shape index (κ3) is 2.27. The minimum Gasteiger partial charge on any atom is -0.504 e. The van der Waals surface area contributed by atoms with E-state index in [1.807, 2.05) is 6.07 Å². The zero-order chi connectivity index (χ0) is 11.5. The molecule has 0 aliphatic carbocycles. The van der Waals surface area contributed by atoms with Gasteiger partial charge in [-0.25, -0.2) is 0 Å². The Morgan fingerprint density at radius 3 is 2.94 bits per heavy atom. The van der Waals surface area contributed by atoms with E-state index in [9.17, 15) is 9.90 Å². The molecule has 0 spiro atoms. The third-order valence-corrected chi connectivity index (χ3v) is 2.69. The van der Waals surface area contributed by atoms with Gasteiger partial charge in [-0.1, -0.05) is 6.07 Å². The summed E-state index contributed by atoms with van der Waals surface area (Å²) >= 11 is 0. The van der Waals surface area contributed by atoms with Crippen molar-refractivity contribution in [1.29, 1.82) is 0 Å². The lowest BCUT2D eigenvalue weighted by Crippen LogP contribution is -2.32. The van der Waals surface area contributed by atoms with Crippen molar-refractivity contribution in [3.63, 3.8) is 0 Å². The van der Waals surface area contributed by atoms with Gasteiger partial charge in [0.25, 0.3) is 0 Å².